The first kappa shape index (κ1) is 16.2. The molecule has 0 spiro atoms. The Morgan fingerprint density at radius 3 is 2.53 bits per heavy atom. The lowest BCUT2D eigenvalue weighted by Gasteiger charge is -2.34. The Morgan fingerprint density at radius 1 is 1.47 bits per heavy atom. The third-order valence-corrected chi connectivity index (χ3v) is 5.10. The van der Waals surface area contributed by atoms with Gasteiger partial charge in [-0.05, 0) is 13.8 Å². The zero-order valence-corrected chi connectivity index (χ0v) is 12.1. The molecule has 0 aromatic carbocycles. The predicted octanol–water partition coefficient (Wildman–Crippen LogP) is -0.590. The number of amidine groups is 1. The molecule has 0 radical (unpaired) electrons. The summed E-state index contributed by atoms with van der Waals surface area (Å²) in [5.41, 5.74) is 5.39. The van der Waals surface area contributed by atoms with Crippen molar-refractivity contribution in [3.8, 4) is 0 Å². The Bertz CT molecular complexity index is 404. The molecule has 1 rings (SSSR count). The molecule has 0 aliphatic carbocycles. The molecule has 1 saturated heterocycles. The third kappa shape index (κ3) is 4.30. The Hall–Kier alpha value is -0.900. The van der Waals surface area contributed by atoms with E-state index in [1.807, 2.05) is 0 Å². The van der Waals surface area contributed by atoms with Crippen molar-refractivity contribution in [2.45, 2.75) is 26.3 Å². The van der Waals surface area contributed by atoms with Crippen LogP contribution in [0.15, 0.2) is 5.16 Å². The summed E-state index contributed by atoms with van der Waals surface area (Å²) in [4.78, 5) is 0. The van der Waals surface area contributed by atoms with Crippen LogP contribution in [0.25, 0.3) is 0 Å². The molecule has 0 aromatic rings. The second-order valence-corrected chi connectivity index (χ2v) is 6.45. The van der Waals surface area contributed by atoms with Gasteiger partial charge in [0, 0.05) is 32.1 Å². The molecular weight excluding hydrogens is 272 g/mol. The van der Waals surface area contributed by atoms with Crippen LogP contribution >= 0.6 is 0 Å². The van der Waals surface area contributed by atoms with Gasteiger partial charge in [0.15, 0.2) is 0 Å². The van der Waals surface area contributed by atoms with E-state index in [1.165, 1.54) is 8.61 Å². The normalized spacial score (nSPS) is 19.3. The molecule has 1 aliphatic rings. The molecule has 1 aliphatic heterocycles. The van der Waals surface area contributed by atoms with Gasteiger partial charge in [-0.3, -0.25) is 0 Å². The van der Waals surface area contributed by atoms with Crippen LogP contribution in [-0.4, -0.2) is 67.0 Å². The summed E-state index contributed by atoms with van der Waals surface area (Å²) < 4.78 is 32.9. The van der Waals surface area contributed by atoms with Gasteiger partial charge in [-0.2, -0.15) is 17.0 Å². The molecule has 0 amide bonds. The number of nitrogens with two attached hydrogens (primary N) is 1. The van der Waals surface area contributed by atoms with Crippen molar-refractivity contribution in [1.82, 2.24) is 8.61 Å². The molecule has 1 heterocycles. The first-order chi connectivity index (χ1) is 8.89. The molecule has 0 saturated carbocycles. The van der Waals surface area contributed by atoms with Crippen molar-refractivity contribution < 1.29 is 18.4 Å². The monoisotopic (exact) mass is 294 g/mol. The fraction of sp³-hybridized carbons (Fsp3) is 0.900. The highest BCUT2D eigenvalue weighted by Gasteiger charge is 2.32. The second-order valence-electron chi connectivity index (χ2n) is 4.57. The minimum absolute atomic E-state index is 0.0165. The summed E-state index contributed by atoms with van der Waals surface area (Å²) in [6, 6.07) is -0.195. The Kier molecular flexibility index (Phi) is 5.98. The van der Waals surface area contributed by atoms with Crippen LogP contribution in [0.5, 0.6) is 0 Å². The zero-order valence-electron chi connectivity index (χ0n) is 11.3. The number of hydrogen-bond donors (Lipinski definition) is 2. The maximum atomic E-state index is 12.5. The summed E-state index contributed by atoms with van der Waals surface area (Å²) in [6.45, 7) is 5.31. The van der Waals surface area contributed by atoms with E-state index in [9.17, 15) is 8.42 Å². The molecule has 112 valence electrons. The average molecular weight is 294 g/mol. The van der Waals surface area contributed by atoms with E-state index in [0.717, 1.165) is 0 Å². The van der Waals surface area contributed by atoms with Gasteiger partial charge in [0.25, 0.3) is 10.2 Å². The quantitative estimate of drug-likeness (QED) is 0.294. The van der Waals surface area contributed by atoms with Crippen LogP contribution in [0.3, 0.4) is 0 Å². The maximum Gasteiger partial charge on any atom is 0.282 e. The van der Waals surface area contributed by atoms with Crippen molar-refractivity contribution in [1.29, 1.82) is 0 Å². The van der Waals surface area contributed by atoms with Gasteiger partial charge in [-0.25, -0.2) is 0 Å². The van der Waals surface area contributed by atoms with Crippen LogP contribution < -0.4 is 5.73 Å². The van der Waals surface area contributed by atoms with Gasteiger partial charge in [0.05, 0.1) is 13.2 Å². The van der Waals surface area contributed by atoms with E-state index < -0.39 is 10.2 Å². The van der Waals surface area contributed by atoms with Gasteiger partial charge in [0.1, 0.15) is 5.84 Å². The fourth-order valence-electron chi connectivity index (χ4n) is 1.84. The minimum atomic E-state index is -3.53. The summed E-state index contributed by atoms with van der Waals surface area (Å²) in [6.07, 6.45) is 0.193. The lowest BCUT2D eigenvalue weighted by molar-refractivity contribution is 0.0695. The molecule has 9 heteroatoms. The number of oxime groups is 1. The molecule has 0 atom stereocenters. The summed E-state index contributed by atoms with van der Waals surface area (Å²) >= 11 is 0. The number of ether oxygens (including phenoxy) is 1. The van der Waals surface area contributed by atoms with E-state index in [4.69, 9.17) is 15.7 Å². The Labute approximate surface area is 114 Å². The highest BCUT2D eigenvalue weighted by atomic mass is 32.2. The molecule has 19 heavy (non-hydrogen) atoms. The molecule has 0 aromatic heterocycles. The van der Waals surface area contributed by atoms with Crippen molar-refractivity contribution in [2.24, 2.45) is 10.9 Å². The summed E-state index contributed by atoms with van der Waals surface area (Å²) in [5, 5.41) is 11.4. The van der Waals surface area contributed by atoms with Crippen LogP contribution in [0, 0.1) is 0 Å². The number of rotatable bonds is 6. The third-order valence-electron chi connectivity index (χ3n) is 2.89. The van der Waals surface area contributed by atoms with Gasteiger partial charge < -0.3 is 15.7 Å². The van der Waals surface area contributed by atoms with Gasteiger partial charge in [0.2, 0.25) is 0 Å². The lowest BCUT2D eigenvalue weighted by atomic mass is 10.3. The summed E-state index contributed by atoms with van der Waals surface area (Å²) in [5.74, 6) is 0.0165. The number of hydrogen-bond acceptors (Lipinski definition) is 5. The van der Waals surface area contributed by atoms with Gasteiger partial charge in [-0.1, -0.05) is 5.16 Å². The molecule has 0 bridgehead atoms. The fourth-order valence-corrected chi connectivity index (χ4v) is 3.60. The number of morpholine rings is 1. The SMILES string of the molecule is CC(C)N(CC/C(N)=N/O)S(=O)(=O)N1CCOCC1. The van der Waals surface area contributed by atoms with Crippen molar-refractivity contribution in [3.63, 3.8) is 0 Å². The molecule has 0 unspecified atom stereocenters. The molecule has 8 nitrogen and oxygen atoms in total. The Morgan fingerprint density at radius 2 is 2.05 bits per heavy atom. The summed E-state index contributed by atoms with van der Waals surface area (Å²) in [7, 11) is -3.53. The highest BCUT2D eigenvalue weighted by Crippen LogP contribution is 2.14. The minimum Gasteiger partial charge on any atom is -0.409 e. The lowest BCUT2D eigenvalue weighted by Crippen LogP contribution is -2.51. The van der Waals surface area contributed by atoms with E-state index >= 15 is 0 Å². The van der Waals surface area contributed by atoms with E-state index in [0.29, 0.717) is 26.3 Å². The Balaban J connectivity index is 2.78. The second kappa shape index (κ2) is 7.04. The van der Waals surface area contributed by atoms with Crippen molar-refractivity contribution >= 4 is 16.0 Å². The molecule has 3 N–H and O–H groups in total. The van der Waals surface area contributed by atoms with Gasteiger partial charge >= 0.3 is 0 Å². The van der Waals surface area contributed by atoms with Gasteiger partial charge in [-0.15, -0.1) is 0 Å². The number of nitrogens with zero attached hydrogens (tertiary/aromatic N) is 3. The smallest absolute Gasteiger partial charge is 0.282 e. The topological polar surface area (TPSA) is 108 Å². The molecular formula is C10H22N4O4S. The van der Waals surface area contributed by atoms with E-state index in [1.54, 1.807) is 13.8 Å². The first-order valence-corrected chi connectivity index (χ1v) is 7.60. The van der Waals surface area contributed by atoms with Crippen molar-refractivity contribution in [2.75, 3.05) is 32.8 Å². The van der Waals surface area contributed by atoms with Crippen LogP contribution in [-0.2, 0) is 14.9 Å². The molecule has 1 fully saturated rings. The predicted molar refractivity (Wildman–Crippen MR) is 71.2 cm³/mol. The van der Waals surface area contributed by atoms with Crippen molar-refractivity contribution in [3.05, 3.63) is 0 Å². The first-order valence-electron chi connectivity index (χ1n) is 6.20. The standard InChI is InChI=1S/C10H22N4O4S/c1-9(2)14(4-3-10(11)12-15)19(16,17)13-5-7-18-8-6-13/h9,15H,3-8H2,1-2H3,(H2,11,12). The highest BCUT2D eigenvalue weighted by molar-refractivity contribution is 7.86. The van der Waals surface area contributed by atoms with Crippen LogP contribution in [0.4, 0.5) is 0 Å². The largest absolute Gasteiger partial charge is 0.409 e. The van der Waals surface area contributed by atoms with Crippen LogP contribution in [0.1, 0.15) is 20.3 Å². The van der Waals surface area contributed by atoms with Crippen LogP contribution in [0.2, 0.25) is 0 Å². The van der Waals surface area contributed by atoms with E-state index in [-0.39, 0.29) is 24.8 Å². The average Bonchev–Trinajstić information content (AvgIpc) is 2.39. The maximum absolute atomic E-state index is 12.5. The zero-order chi connectivity index (χ0) is 14.5. The van der Waals surface area contributed by atoms with E-state index in [2.05, 4.69) is 5.16 Å².